The molecule has 3 N–H and O–H groups in total. The molecule has 100 valence electrons. The van der Waals surface area contributed by atoms with Crippen molar-refractivity contribution in [3.8, 4) is 0 Å². The van der Waals surface area contributed by atoms with Gasteiger partial charge in [0.05, 0.1) is 6.61 Å². The highest BCUT2D eigenvalue weighted by Gasteiger charge is 2.35. The third kappa shape index (κ3) is 3.27. The largest absolute Gasteiger partial charge is 0.396 e. The van der Waals surface area contributed by atoms with Gasteiger partial charge in [0, 0.05) is 18.0 Å². The van der Waals surface area contributed by atoms with Gasteiger partial charge in [-0.15, -0.1) is 0 Å². The molecule has 0 spiro atoms. The van der Waals surface area contributed by atoms with E-state index in [-0.39, 0.29) is 6.61 Å². The van der Waals surface area contributed by atoms with Crippen LogP contribution in [0.25, 0.3) is 0 Å². The molecule has 1 aliphatic rings. The van der Waals surface area contributed by atoms with E-state index in [4.69, 9.17) is 5.73 Å². The van der Waals surface area contributed by atoms with Crippen LogP contribution in [0.1, 0.15) is 24.8 Å². The topological polar surface area (TPSA) is 46.2 Å². The van der Waals surface area contributed by atoms with Gasteiger partial charge in [-0.1, -0.05) is 12.8 Å². The van der Waals surface area contributed by atoms with Crippen molar-refractivity contribution in [1.82, 2.24) is 0 Å². The SMILES string of the molecule is NCC(CO)(Cc1cc(F)cc(F)c1)CC1CC1. The van der Waals surface area contributed by atoms with Gasteiger partial charge in [-0.3, -0.25) is 0 Å². The summed E-state index contributed by atoms with van der Waals surface area (Å²) in [5, 5.41) is 9.59. The van der Waals surface area contributed by atoms with Crippen LogP contribution in [0.2, 0.25) is 0 Å². The second kappa shape index (κ2) is 5.33. The third-order valence-corrected chi connectivity index (χ3v) is 3.69. The lowest BCUT2D eigenvalue weighted by Crippen LogP contribution is -2.37. The molecule has 1 aliphatic carbocycles. The molecule has 1 aromatic rings. The Bertz CT molecular complexity index is 394. The second-order valence-corrected chi connectivity index (χ2v) is 5.46. The molecule has 0 aliphatic heterocycles. The lowest BCUT2D eigenvalue weighted by atomic mass is 9.78. The molecule has 0 bridgehead atoms. The van der Waals surface area contributed by atoms with Crippen LogP contribution in [0.15, 0.2) is 18.2 Å². The summed E-state index contributed by atoms with van der Waals surface area (Å²) in [4.78, 5) is 0. The van der Waals surface area contributed by atoms with Crippen molar-refractivity contribution in [1.29, 1.82) is 0 Å². The summed E-state index contributed by atoms with van der Waals surface area (Å²) >= 11 is 0. The maximum Gasteiger partial charge on any atom is 0.126 e. The number of aliphatic hydroxyl groups is 1. The minimum atomic E-state index is -0.583. The van der Waals surface area contributed by atoms with E-state index in [1.807, 2.05) is 0 Å². The quantitative estimate of drug-likeness (QED) is 0.819. The van der Waals surface area contributed by atoms with Crippen LogP contribution in [0.3, 0.4) is 0 Å². The number of halogens is 2. The Morgan fingerprint density at radius 3 is 2.28 bits per heavy atom. The predicted molar refractivity (Wildman–Crippen MR) is 66.0 cm³/mol. The van der Waals surface area contributed by atoms with Crippen LogP contribution in [0.5, 0.6) is 0 Å². The molecule has 0 radical (unpaired) electrons. The number of benzene rings is 1. The van der Waals surface area contributed by atoms with Crippen LogP contribution in [-0.4, -0.2) is 18.3 Å². The van der Waals surface area contributed by atoms with E-state index in [1.54, 1.807) is 0 Å². The molecule has 0 heterocycles. The maximum absolute atomic E-state index is 13.2. The molecule has 1 atom stereocenters. The Morgan fingerprint density at radius 1 is 1.22 bits per heavy atom. The van der Waals surface area contributed by atoms with E-state index in [9.17, 15) is 13.9 Å². The standard InChI is InChI=1S/C14H19F2NO/c15-12-3-11(4-13(16)5-12)7-14(8-17,9-18)6-10-1-2-10/h3-5,10,18H,1-2,6-9,17H2. The Morgan fingerprint density at radius 2 is 1.83 bits per heavy atom. The minimum absolute atomic E-state index is 0.0435. The molecule has 1 aromatic carbocycles. The number of nitrogens with two attached hydrogens (primary N) is 1. The van der Waals surface area contributed by atoms with Gasteiger partial charge in [0.25, 0.3) is 0 Å². The zero-order chi connectivity index (χ0) is 13.2. The maximum atomic E-state index is 13.2. The molecule has 18 heavy (non-hydrogen) atoms. The van der Waals surface area contributed by atoms with Crippen molar-refractivity contribution in [3.05, 3.63) is 35.4 Å². The minimum Gasteiger partial charge on any atom is -0.396 e. The molecule has 2 nitrogen and oxygen atoms in total. The summed E-state index contributed by atoms with van der Waals surface area (Å²) in [6.45, 7) is 0.288. The first-order valence-corrected chi connectivity index (χ1v) is 6.33. The van der Waals surface area contributed by atoms with Gasteiger partial charge < -0.3 is 10.8 Å². The molecule has 2 rings (SSSR count). The van der Waals surface area contributed by atoms with E-state index in [0.717, 1.165) is 12.5 Å². The Balaban J connectivity index is 2.15. The summed E-state index contributed by atoms with van der Waals surface area (Å²) in [5.41, 5.74) is 5.89. The van der Waals surface area contributed by atoms with Gasteiger partial charge >= 0.3 is 0 Å². The van der Waals surface area contributed by atoms with Crippen molar-refractivity contribution < 1.29 is 13.9 Å². The van der Waals surface area contributed by atoms with E-state index < -0.39 is 17.0 Å². The fourth-order valence-electron chi connectivity index (χ4n) is 2.49. The Kier molecular flexibility index (Phi) is 3.97. The van der Waals surface area contributed by atoms with Crippen molar-refractivity contribution in [3.63, 3.8) is 0 Å². The molecular formula is C14H19F2NO. The van der Waals surface area contributed by atoms with E-state index in [2.05, 4.69) is 0 Å². The zero-order valence-corrected chi connectivity index (χ0v) is 10.3. The fourth-order valence-corrected chi connectivity index (χ4v) is 2.49. The lowest BCUT2D eigenvalue weighted by molar-refractivity contribution is 0.115. The van der Waals surface area contributed by atoms with Crippen LogP contribution in [0, 0.1) is 23.0 Å². The summed E-state index contributed by atoms with van der Waals surface area (Å²) in [5.74, 6) is -0.556. The first-order valence-electron chi connectivity index (χ1n) is 6.33. The van der Waals surface area contributed by atoms with Crippen molar-refractivity contribution in [2.75, 3.05) is 13.2 Å². The number of hydrogen-bond donors (Lipinski definition) is 2. The van der Waals surface area contributed by atoms with Gasteiger partial charge in [-0.2, -0.15) is 0 Å². The average Bonchev–Trinajstić information content (AvgIpc) is 3.10. The van der Waals surface area contributed by atoms with E-state index in [1.165, 1.54) is 25.0 Å². The summed E-state index contributed by atoms with van der Waals surface area (Å²) in [6.07, 6.45) is 3.59. The van der Waals surface area contributed by atoms with Crippen molar-refractivity contribution in [2.24, 2.45) is 17.1 Å². The first-order chi connectivity index (χ1) is 8.57. The molecule has 4 heteroatoms. The number of rotatable bonds is 6. The number of hydrogen-bond acceptors (Lipinski definition) is 2. The van der Waals surface area contributed by atoms with Gasteiger partial charge in [0.15, 0.2) is 0 Å². The zero-order valence-electron chi connectivity index (χ0n) is 10.3. The van der Waals surface area contributed by atoms with Crippen LogP contribution < -0.4 is 5.73 Å². The second-order valence-electron chi connectivity index (χ2n) is 5.46. The van der Waals surface area contributed by atoms with Crippen LogP contribution in [0.4, 0.5) is 8.78 Å². The Hall–Kier alpha value is -1.00. The van der Waals surface area contributed by atoms with E-state index in [0.29, 0.717) is 24.4 Å². The van der Waals surface area contributed by atoms with Crippen molar-refractivity contribution in [2.45, 2.75) is 25.7 Å². The highest BCUT2D eigenvalue weighted by molar-refractivity contribution is 5.20. The monoisotopic (exact) mass is 255 g/mol. The summed E-state index contributed by atoms with van der Waals surface area (Å²) in [7, 11) is 0. The molecule has 1 saturated carbocycles. The molecular weight excluding hydrogens is 236 g/mol. The number of aliphatic hydroxyl groups excluding tert-OH is 1. The molecule has 1 fully saturated rings. The molecule has 0 saturated heterocycles. The van der Waals surface area contributed by atoms with Gasteiger partial charge in [-0.05, 0) is 36.5 Å². The van der Waals surface area contributed by atoms with Gasteiger partial charge in [0.2, 0.25) is 0 Å². The third-order valence-electron chi connectivity index (χ3n) is 3.69. The highest BCUT2D eigenvalue weighted by atomic mass is 19.1. The lowest BCUT2D eigenvalue weighted by Gasteiger charge is -2.30. The van der Waals surface area contributed by atoms with Crippen LogP contribution in [-0.2, 0) is 6.42 Å². The molecule has 0 aromatic heterocycles. The summed E-state index contributed by atoms with van der Waals surface area (Å²) in [6, 6.07) is 3.49. The van der Waals surface area contributed by atoms with Gasteiger partial charge in [0.1, 0.15) is 11.6 Å². The molecule has 0 amide bonds. The Labute approximate surface area is 106 Å². The highest BCUT2D eigenvalue weighted by Crippen LogP contribution is 2.41. The normalized spacial score (nSPS) is 18.7. The van der Waals surface area contributed by atoms with Gasteiger partial charge in [-0.25, -0.2) is 8.78 Å². The first kappa shape index (κ1) is 13.4. The van der Waals surface area contributed by atoms with Crippen LogP contribution >= 0.6 is 0 Å². The predicted octanol–water partition coefficient (Wildman–Crippen LogP) is 2.24. The van der Waals surface area contributed by atoms with Crippen molar-refractivity contribution >= 4 is 0 Å². The van der Waals surface area contributed by atoms with E-state index >= 15 is 0 Å². The molecule has 1 unspecified atom stereocenters. The average molecular weight is 255 g/mol. The smallest absolute Gasteiger partial charge is 0.126 e. The summed E-state index contributed by atoms with van der Waals surface area (Å²) < 4.78 is 26.3. The fraction of sp³-hybridized carbons (Fsp3) is 0.571.